The van der Waals surface area contributed by atoms with Gasteiger partial charge in [0.05, 0.1) is 0 Å². The molecule has 6 rings (SSSR count). The number of carbonyl (C=O) groups excluding carboxylic acids is 2. The van der Waals surface area contributed by atoms with Crippen molar-refractivity contribution >= 4 is 23.6 Å². The predicted octanol–water partition coefficient (Wildman–Crippen LogP) is 8.49. The molecule has 0 heterocycles. The van der Waals surface area contributed by atoms with Gasteiger partial charge in [0.2, 0.25) is 0 Å². The normalized spacial score (nSPS) is 29.2. The molecule has 2 unspecified atom stereocenters. The first-order chi connectivity index (χ1) is 22.1. The van der Waals surface area contributed by atoms with Crippen LogP contribution in [0.4, 0.5) is 36.8 Å². The zero-order valence-electron chi connectivity index (χ0n) is 25.8. The maximum atomic E-state index is 15.2. The lowest BCUT2D eigenvalue weighted by Crippen LogP contribution is -2.65. The van der Waals surface area contributed by atoms with Gasteiger partial charge in [0, 0.05) is 30.0 Å². The van der Waals surface area contributed by atoms with Gasteiger partial charge in [0.15, 0.2) is 5.78 Å². The number of anilines is 1. The fraction of sp³-hybridized carbons (Fsp3) is 0.444. The van der Waals surface area contributed by atoms with E-state index in [1.807, 2.05) is 24.3 Å². The average Bonchev–Trinajstić information content (AvgIpc) is 3.31. The van der Waals surface area contributed by atoms with Gasteiger partial charge in [-0.1, -0.05) is 48.9 Å². The minimum absolute atomic E-state index is 0.0265. The maximum absolute atomic E-state index is 15.2. The zero-order valence-corrected chi connectivity index (χ0v) is 25.8. The number of ketones is 1. The molecule has 250 valence electrons. The Kier molecular flexibility index (Phi) is 8.43. The number of halogens is 6. The molecule has 5 nitrogen and oxygen atoms in total. The van der Waals surface area contributed by atoms with E-state index in [0.29, 0.717) is 31.4 Å². The van der Waals surface area contributed by atoms with Crippen LogP contribution >= 0.6 is 0 Å². The molecule has 4 aliphatic carbocycles. The molecule has 2 aromatic carbocycles. The molecule has 11 heteroatoms. The van der Waals surface area contributed by atoms with E-state index in [9.17, 15) is 32.3 Å². The van der Waals surface area contributed by atoms with Gasteiger partial charge in [-0.2, -0.15) is 22.0 Å². The molecule has 0 spiro atoms. The Morgan fingerprint density at radius 2 is 1.70 bits per heavy atom. The number of allylic oxidation sites excluding steroid dienone is 4. The van der Waals surface area contributed by atoms with E-state index in [4.69, 9.17) is 0 Å². The summed E-state index contributed by atoms with van der Waals surface area (Å²) in [5.74, 6) is -7.04. The molecule has 47 heavy (non-hydrogen) atoms. The van der Waals surface area contributed by atoms with Gasteiger partial charge in [0.25, 0.3) is 0 Å². The van der Waals surface area contributed by atoms with Gasteiger partial charge >= 0.3 is 18.1 Å². The van der Waals surface area contributed by atoms with Gasteiger partial charge < -0.3 is 15.7 Å². The Balaban J connectivity index is 1.26. The number of urea groups is 1. The summed E-state index contributed by atoms with van der Waals surface area (Å²) in [6.07, 6.45) is 0.466. The van der Waals surface area contributed by atoms with Crippen molar-refractivity contribution < 1.29 is 41.0 Å². The van der Waals surface area contributed by atoms with Crippen molar-refractivity contribution in [2.24, 2.45) is 17.3 Å². The Morgan fingerprint density at radius 1 is 1.00 bits per heavy atom. The van der Waals surface area contributed by atoms with Gasteiger partial charge in [-0.05, 0) is 103 Å². The van der Waals surface area contributed by atoms with E-state index < -0.39 is 53.2 Å². The second-order valence-corrected chi connectivity index (χ2v) is 13.4. The molecule has 4 aliphatic rings. The van der Waals surface area contributed by atoms with Crippen LogP contribution in [-0.2, 0) is 4.79 Å². The highest BCUT2D eigenvalue weighted by molar-refractivity contribution is 5.93. The number of rotatable bonds is 6. The van der Waals surface area contributed by atoms with Crippen molar-refractivity contribution in [2.45, 2.75) is 75.5 Å². The highest BCUT2D eigenvalue weighted by atomic mass is 19.4. The zero-order chi connectivity index (χ0) is 33.8. The number of benzene rings is 2. The second kappa shape index (κ2) is 12.0. The van der Waals surface area contributed by atoms with E-state index in [1.165, 1.54) is 31.2 Å². The summed E-state index contributed by atoms with van der Waals surface area (Å²) in [7, 11) is 0. The third-order valence-corrected chi connectivity index (χ3v) is 10.9. The first kappa shape index (κ1) is 33.1. The Labute approximate surface area is 268 Å². The molecular weight excluding hydrogens is 622 g/mol. The Hall–Kier alpha value is -3.86. The molecule has 0 aromatic heterocycles. The summed E-state index contributed by atoms with van der Waals surface area (Å²) < 4.78 is 84.8. The molecule has 3 N–H and O–H groups in total. The van der Waals surface area contributed by atoms with Crippen molar-refractivity contribution in [1.82, 2.24) is 5.32 Å². The van der Waals surface area contributed by atoms with Gasteiger partial charge in [-0.25, -0.2) is 9.18 Å². The molecular formula is C36H36F6N2O3. The topological polar surface area (TPSA) is 78.4 Å². The van der Waals surface area contributed by atoms with Crippen LogP contribution in [0.5, 0.6) is 0 Å². The number of fused-ring (bicyclic) bond motifs is 4. The summed E-state index contributed by atoms with van der Waals surface area (Å²) >= 11 is 0. The lowest BCUT2D eigenvalue weighted by atomic mass is 9.50. The molecule has 2 fully saturated rings. The minimum Gasteiger partial charge on any atom is -0.383 e. The Bertz CT molecular complexity index is 1650. The van der Waals surface area contributed by atoms with Crippen LogP contribution in [0, 0.1) is 23.1 Å². The summed E-state index contributed by atoms with van der Waals surface area (Å²) in [6, 6.07) is 12.1. The molecule has 0 aliphatic heterocycles. The number of alkyl halides is 5. The average molecular weight is 659 g/mol. The smallest absolute Gasteiger partial charge is 0.383 e. The standard InChI is InChI=1S/C36H36F6N2O3/c1-33-20-29(22-6-4-21(5-7-22)3-2-18-43-32(46)44-25-11-9-24(37)10-12-25)31-27-15-13-26(45)19-23(27)8-14-28(31)30(33)16-17-34(33,47)35(38,39)36(40,41)42/h2-7,9-12,19,28-30,47H,8,13-18,20H2,1H3,(H2,43,44,46)/b3-2+/t28?,29-,30?,33+,34+/m1/s1. The van der Waals surface area contributed by atoms with Gasteiger partial charge in [-0.15, -0.1) is 0 Å². The summed E-state index contributed by atoms with van der Waals surface area (Å²) in [4.78, 5) is 24.4. The molecule has 0 radical (unpaired) electrons. The number of aliphatic hydroxyl groups is 1. The highest BCUT2D eigenvalue weighted by Crippen LogP contribution is 2.70. The molecule has 0 bridgehead atoms. The van der Waals surface area contributed by atoms with E-state index >= 15 is 8.78 Å². The monoisotopic (exact) mass is 658 g/mol. The van der Waals surface area contributed by atoms with Crippen molar-refractivity contribution in [3.63, 3.8) is 0 Å². The lowest BCUT2D eigenvalue weighted by Gasteiger charge is -2.56. The maximum Gasteiger partial charge on any atom is 0.456 e. The largest absolute Gasteiger partial charge is 0.456 e. The van der Waals surface area contributed by atoms with Crippen molar-refractivity contribution in [3.8, 4) is 0 Å². The van der Waals surface area contributed by atoms with Crippen LogP contribution in [0.2, 0.25) is 0 Å². The van der Waals surface area contributed by atoms with Gasteiger partial charge in [0.1, 0.15) is 11.4 Å². The summed E-state index contributed by atoms with van der Waals surface area (Å²) in [5, 5.41) is 16.7. The number of hydrogen-bond donors (Lipinski definition) is 3. The molecule has 2 amide bonds. The molecule has 0 saturated heterocycles. The van der Waals surface area contributed by atoms with Crippen molar-refractivity contribution in [2.75, 3.05) is 11.9 Å². The molecule has 2 saturated carbocycles. The number of nitrogens with one attached hydrogen (secondary N) is 2. The van der Waals surface area contributed by atoms with Crippen molar-refractivity contribution in [3.05, 3.63) is 94.3 Å². The SMILES string of the molecule is C[C@]12C[C@H](c3ccc(/C=C/CNC(=O)Nc4ccc(F)cc4)cc3)C3=C4CCC(=O)C=C4CCC3C1CC[C@@]2(O)C(F)(F)C(F)(F)F. The third kappa shape index (κ3) is 5.70. The van der Waals surface area contributed by atoms with Crippen molar-refractivity contribution in [1.29, 1.82) is 0 Å². The van der Waals surface area contributed by atoms with E-state index in [1.54, 1.807) is 18.2 Å². The summed E-state index contributed by atoms with van der Waals surface area (Å²) in [5.41, 5.74) is -0.0685. The highest BCUT2D eigenvalue weighted by Gasteiger charge is 2.79. The fourth-order valence-corrected chi connectivity index (χ4v) is 8.61. The first-order valence-corrected chi connectivity index (χ1v) is 15.9. The van der Waals surface area contributed by atoms with E-state index in [0.717, 1.165) is 27.8 Å². The summed E-state index contributed by atoms with van der Waals surface area (Å²) in [6.45, 7) is 1.60. The van der Waals surface area contributed by atoms with Crippen LogP contribution in [-0.4, -0.2) is 41.2 Å². The van der Waals surface area contributed by atoms with Crippen LogP contribution < -0.4 is 10.6 Å². The minimum atomic E-state index is -5.90. The van der Waals surface area contributed by atoms with Crippen LogP contribution in [0.25, 0.3) is 6.08 Å². The first-order valence-electron chi connectivity index (χ1n) is 15.9. The van der Waals surface area contributed by atoms with Crippen LogP contribution in [0.3, 0.4) is 0 Å². The van der Waals surface area contributed by atoms with E-state index in [2.05, 4.69) is 10.6 Å². The number of carbonyl (C=O) groups is 2. The number of hydrogen-bond acceptors (Lipinski definition) is 3. The predicted molar refractivity (Wildman–Crippen MR) is 165 cm³/mol. The fourth-order valence-electron chi connectivity index (χ4n) is 8.61. The number of amides is 2. The quantitative estimate of drug-likeness (QED) is 0.273. The molecule has 2 aromatic rings. The lowest BCUT2D eigenvalue weighted by molar-refractivity contribution is -0.362. The molecule has 5 atom stereocenters. The van der Waals surface area contributed by atoms with Crippen LogP contribution in [0.15, 0.2) is 77.4 Å². The van der Waals surface area contributed by atoms with Gasteiger partial charge in [-0.3, -0.25) is 4.79 Å². The Morgan fingerprint density at radius 3 is 2.38 bits per heavy atom. The van der Waals surface area contributed by atoms with E-state index in [-0.39, 0.29) is 31.1 Å². The second-order valence-electron chi connectivity index (χ2n) is 13.4. The third-order valence-electron chi connectivity index (χ3n) is 10.9. The van der Waals surface area contributed by atoms with Crippen LogP contribution in [0.1, 0.15) is 68.9 Å².